The number of carbonyl (C=O) groups excluding carboxylic acids is 3. The van der Waals surface area contributed by atoms with E-state index in [0.29, 0.717) is 25.6 Å². The predicted molar refractivity (Wildman–Crippen MR) is 136 cm³/mol. The van der Waals surface area contributed by atoms with Crippen molar-refractivity contribution in [2.45, 2.75) is 70.4 Å². The number of carboxylic acid groups (broad SMARTS) is 1. The number of halogens is 4. The molecule has 2 saturated heterocycles. The molecule has 1 aromatic rings. The SMILES string of the molecule is CCOC(=O)C1(C2CCCCC2)CCN(C(=O)[C@@H]2CC[NH2+]C[C@H]2c2ccc(Cl)cc2)CC1.O=C([O-])C(F)(F)F. The lowest BCUT2D eigenvalue weighted by Crippen LogP contribution is -2.88. The lowest BCUT2D eigenvalue weighted by Gasteiger charge is -2.46. The molecule has 1 saturated carbocycles. The Bertz CT molecular complexity index is 974. The largest absolute Gasteiger partial charge is 0.542 e. The molecule has 39 heavy (non-hydrogen) atoms. The van der Waals surface area contributed by atoms with Gasteiger partial charge >= 0.3 is 12.1 Å². The summed E-state index contributed by atoms with van der Waals surface area (Å²) in [6.45, 7) is 5.58. The average Bonchev–Trinajstić information content (AvgIpc) is 2.93. The zero-order valence-electron chi connectivity index (χ0n) is 22.3. The first-order valence-electron chi connectivity index (χ1n) is 13.8. The molecule has 3 fully saturated rings. The Morgan fingerprint density at radius 2 is 1.67 bits per heavy atom. The number of esters is 1. The van der Waals surface area contributed by atoms with E-state index in [2.05, 4.69) is 17.4 Å². The Morgan fingerprint density at radius 1 is 1.08 bits per heavy atom. The second-order valence-electron chi connectivity index (χ2n) is 10.7. The molecular weight excluding hydrogens is 537 g/mol. The smallest absolute Gasteiger partial charge is 0.430 e. The normalized spacial score (nSPS) is 23.8. The molecule has 218 valence electrons. The molecule has 0 aromatic heterocycles. The molecule has 2 heterocycles. The first kappa shape index (κ1) is 31.2. The number of nitrogens with two attached hydrogens (primary N) is 1. The van der Waals surface area contributed by atoms with E-state index >= 15 is 0 Å². The molecule has 2 atom stereocenters. The minimum absolute atomic E-state index is 0.00551. The number of rotatable bonds is 5. The highest BCUT2D eigenvalue weighted by molar-refractivity contribution is 6.30. The van der Waals surface area contributed by atoms with Crippen molar-refractivity contribution in [2.24, 2.45) is 17.3 Å². The number of benzene rings is 1. The summed E-state index contributed by atoms with van der Waals surface area (Å²) in [4.78, 5) is 37.6. The van der Waals surface area contributed by atoms with Crippen LogP contribution in [-0.4, -0.2) is 61.7 Å². The van der Waals surface area contributed by atoms with E-state index in [-0.39, 0.29) is 23.7 Å². The van der Waals surface area contributed by atoms with Crippen molar-refractivity contribution in [1.29, 1.82) is 0 Å². The maximum Gasteiger partial charge on any atom is 0.430 e. The molecule has 0 unspecified atom stereocenters. The van der Waals surface area contributed by atoms with Crippen LogP contribution in [0.25, 0.3) is 0 Å². The Hall–Kier alpha value is -2.33. The van der Waals surface area contributed by atoms with Gasteiger partial charge in [0.15, 0.2) is 0 Å². The molecule has 0 spiro atoms. The van der Waals surface area contributed by atoms with E-state index in [4.69, 9.17) is 26.2 Å². The molecule has 1 aromatic carbocycles. The second-order valence-corrected chi connectivity index (χ2v) is 11.1. The summed E-state index contributed by atoms with van der Waals surface area (Å²) in [5.74, 6) is -2.15. The Kier molecular flexibility index (Phi) is 11.1. The predicted octanol–water partition coefficient (Wildman–Crippen LogP) is 3.06. The van der Waals surface area contributed by atoms with Crippen LogP contribution >= 0.6 is 11.6 Å². The summed E-state index contributed by atoms with van der Waals surface area (Å²) < 4.78 is 37.1. The highest BCUT2D eigenvalue weighted by atomic mass is 35.5. The first-order valence-corrected chi connectivity index (χ1v) is 14.2. The van der Waals surface area contributed by atoms with Crippen molar-refractivity contribution in [3.8, 4) is 0 Å². The van der Waals surface area contributed by atoms with Gasteiger partial charge < -0.3 is 24.9 Å². The van der Waals surface area contributed by atoms with E-state index in [1.807, 2.05) is 24.0 Å². The fraction of sp³-hybridized carbons (Fsp3) is 0.679. The Balaban J connectivity index is 0.000000532. The number of quaternary nitrogens is 1. The van der Waals surface area contributed by atoms with Crippen molar-refractivity contribution in [2.75, 3.05) is 32.8 Å². The van der Waals surface area contributed by atoms with Gasteiger partial charge in [0.05, 0.1) is 31.0 Å². The lowest BCUT2D eigenvalue weighted by atomic mass is 9.63. The number of ether oxygens (including phenoxy) is 1. The number of hydrogen-bond acceptors (Lipinski definition) is 5. The molecule has 3 aliphatic rings. The molecule has 2 N–H and O–H groups in total. The van der Waals surface area contributed by atoms with Crippen LogP contribution in [-0.2, 0) is 19.1 Å². The van der Waals surface area contributed by atoms with Crippen molar-refractivity contribution >= 4 is 29.4 Å². The van der Waals surface area contributed by atoms with E-state index in [0.717, 1.165) is 50.2 Å². The van der Waals surface area contributed by atoms with E-state index in [9.17, 15) is 22.8 Å². The lowest BCUT2D eigenvalue weighted by molar-refractivity contribution is -0.666. The summed E-state index contributed by atoms with van der Waals surface area (Å²) in [6, 6.07) is 7.98. The van der Waals surface area contributed by atoms with Crippen molar-refractivity contribution in [3.63, 3.8) is 0 Å². The summed E-state index contributed by atoms with van der Waals surface area (Å²) in [6.07, 6.45) is 3.10. The third-order valence-corrected chi connectivity index (χ3v) is 8.72. The third kappa shape index (κ3) is 7.87. The number of carboxylic acids is 1. The average molecular weight is 575 g/mol. The van der Waals surface area contributed by atoms with Gasteiger partial charge in [0, 0.05) is 30.5 Å². The fourth-order valence-electron chi connectivity index (χ4n) is 6.40. The molecule has 0 bridgehead atoms. The summed E-state index contributed by atoms with van der Waals surface area (Å²) in [7, 11) is 0. The van der Waals surface area contributed by atoms with Crippen LogP contribution in [0.4, 0.5) is 13.2 Å². The van der Waals surface area contributed by atoms with Crippen molar-refractivity contribution in [3.05, 3.63) is 34.9 Å². The number of nitrogens with zero attached hydrogens (tertiary/aromatic N) is 1. The van der Waals surface area contributed by atoms with Crippen LogP contribution in [0.2, 0.25) is 5.02 Å². The third-order valence-electron chi connectivity index (χ3n) is 8.47. The maximum atomic E-state index is 13.7. The van der Waals surface area contributed by atoms with Gasteiger partial charge in [0.1, 0.15) is 5.97 Å². The monoisotopic (exact) mass is 574 g/mol. The molecule has 7 nitrogen and oxygen atoms in total. The maximum absolute atomic E-state index is 13.7. The minimum Gasteiger partial charge on any atom is -0.542 e. The zero-order chi connectivity index (χ0) is 28.6. The zero-order valence-corrected chi connectivity index (χ0v) is 23.1. The highest BCUT2D eigenvalue weighted by Gasteiger charge is 2.50. The topological polar surface area (TPSA) is 103 Å². The van der Waals surface area contributed by atoms with Crippen LogP contribution < -0.4 is 10.4 Å². The molecular formula is C28H38ClF3N2O5. The highest BCUT2D eigenvalue weighted by Crippen LogP contribution is 2.47. The molecule has 1 aliphatic carbocycles. The van der Waals surface area contributed by atoms with Crippen LogP contribution in [0, 0.1) is 17.3 Å². The number of likely N-dealkylation sites (tertiary alicyclic amines) is 1. The summed E-state index contributed by atoms with van der Waals surface area (Å²) in [5, 5.41) is 11.8. The molecule has 11 heteroatoms. The molecule has 1 amide bonds. The van der Waals surface area contributed by atoms with Gasteiger partial charge in [-0.15, -0.1) is 0 Å². The Labute approximate surface area is 232 Å². The number of amides is 1. The van der Waals surface area contributed by atoms with Crippen molar-refractivity contribution in [1.82, 2.24) is 4.90 Å². The number of aliphatic carboxylic acids is 1. The van der Waals surface area contributed by atoms with Gasteiger partial charge in [-0.3, -0.25) is 9.59 Å². The van der Waals surface area contributed by atoms with Crippen LogP contribution in [0.3, 0.4) is 0 Å². The first-order chi connectivity index (χ1) is 18.5. The van der Waals surface area contributed by atoms with E-state index < -0.39 is 17.6 Å². The van der Waals surface area contributed by atoms with Gasteiger partial charge in [-0.2, -0.15) is 13.2 Å². The number of hydrogen-bond donors (Lipinski definition) is 1. The Morgan fingerprint density at radius 3 is 2.21 bits per heavy atom. The number of carbonyl (C=O) groups is 3. The summed E-state index contributed by atoms with van der Waals surface area (Å²) >= 11 is 6.09. The molecule has 4 rings (SSSR count). The van der Waals surface area contributed by atoms with Crippen LogP contribution in [0.1, 0.15) is 69.8 Å². The van der Waals surface area contributed by atoms with Gasteiger partial charge in [0.2, 0.25) is 5.91 Å². The van der Waals surface area contributed by atoms with Gasteiger partial charge in [-0.1, -0.05) is 43.0 Å². The fourth-order valence-corrected chi connectivity index (χ4v) is 6.53. The van der Waals surface area contributed by atoms with Crippen molar-refractivity contribution < 1.29 is 42.7 Å². The molecule has 2 aliphatic heterocycles. The van der Waals surface area contributed by atoms with Crippen LogP contribution in [0.15, 0.2) is 24.3 Å². The minimum atomic E-state index is -5.19. The standard InChI is InChI=1S/C26H37ClN2O3.C2HF3O2/c1-2-32-25(31)26(20-6-4-3-5-7-20)13-16-29(17-14-26)24(30)22-12-15-28-18-23(22)19-8-10-21(27)11-9-19;3-2(4,5)1(6)7/h8-11,20,22-23,28H,2-7,12-18H2,1H3;(H,6,7)/t22-,23+;/m1./s1. The summed E-state index contributed by atoms with van der Waals surface area (Å²) in [5.41, 5.74) is 0.798. The van der Waals surface area contributed by atoms with E-state index in [1.54, 1.807) is 0 Å². The van der Waals surface area contributed by atoms with E-state index in [1.165, 1.54) is 24.8 Å². The quantitative estimate of drug-likeness (QED) is 0.545. The second kappa shape index (κ2) is 13.8. The van der Waals surface area contributed by atoms with Crippen LogP contribution in [0.5, 0.6) is 0 Å². The van der Waals surface area contributed by atoms with Gasteiger partial charge in [0.25, 0.3) is 0 Å². The van der Waals surface area contributed by atoms with Gasteiger partial charge in [-0.05, 0) is 56.2 Å². The van der Waals surface area contributed by atoms with Gasteiger partial charge in [-0.25, -0.2) is 0 Å². The number of piperidine rings is 2. The molecule has 0 radical (unpaired) electrons. The number of alkyl halides is 3.